The highest BCUT2D eigenvalue weighted by Crippen LogP contribution is 2.35. The molecule has 0 spiro atoms. The minimum atomic E-state index is -0.489. The van der Waals surface area contributed by atoms with E-state index in [1.54, 1.807) is 27.6 Å². The summed E-state index contributed by atoms with van der Waals surface area (Å²) in [5.74, 6) is 0. The van der Waals surface area contributed by atoms with E-state index in [0.29, 0.717) is 31.8 Å². The van der Waals surface area contributed by atoms with Gasteiger partial charge in [0.15, 0.2) is 5.65 Å². The fourth-order valence-electron chi connectivity index (χ4n) is 3.75. The van der Waals surface area contributed by atoms with Crippen LogP contribution >= 0.6 is 22.7 Å². The Hall–Kier alpha value is -3.04. The third kappa shape index (κ3) is 4.69. The molecule has 0 aliphatic carbocycles. The molecule has 1 fully saturated rings. The van der Waals surface area contributed by atoms with Crippen molar-refractivity contribution in [3.8, 4) is 21.1 Å². The molecule has 0 bridgehead atoms. The van der Waals surface area contributed by atoms with Crippen molar-refractivity contribution in [1.29, 1.82) is 0 Å². The number of anilines is 1. The number of pyridine rings is 1. The minimum Gasteiger partial charge on any atom is -0.444 e. The van der Waals surface area contributed by atoms with Gasteiger partial charge in [-0.15, -0.1) is 22.7 Å². The van der Waals surface area contributed by atoms with Crippen LogP contribution in [0.4, 0.5) is 10.5 Å². The van der Waals surface area contributed by atoms with E-state index in [-0.39, 0.29) is 6.09 Å². The van der Waals surface area contributed by atoms with Crippen LogP contribution in [0.25, 0.3) is 32.3 Å². The molecule has 170 valence electrons. The minimum absolute atomic E-state index is 0.258. The average Bonchev–Trinajstić information content (AvgIpc) is 3.51. The quantitative estimate of drug-likeness (QED) is 0.384. The van der Waals surface area contributed by atoms with Gasteiger partial charge in [0.05, 0.1) is 21.6 Å². The molecular weight excluding hydrogens is 454 g/mol. The van der Waals surface area contributed by atoms with Crippen molar-refractivity contribution >= 4 is 45.6 Å². The van der Waals surface area contributed by atoms with Gasteiger partial charge in [-0.05, 0) is 49.7 Å². The standard InChI is InChI=1S/C24H25N5O2S2/c1-24(2,3)31-23(30)29-10-8-28(9-11-29)16-14-17-22(25-15-16)27-21(19-7-5-13-33-19)20(26-17)18-6-4-12-32-18/h4-7,12-15H,8-11H2,1-3H3. The number of aromatic nitrogens is 3. The number of hydrogen-bond acceptors (Lipinski definition) is 8. The van der Waals surface area contributed by atoms with Gasteiger partial charge >= 0.3 is 6.09 Å². The summed E-state index contributed by atoms with van der Waals surface area (Å²) >= 11 is 3.31. The molecule has 1 saturated heterocycles. The van der Waals surface area contributed by atoms with Crippen LogP contribution in [0, 0.1) is 0 Å². The van der Waals surface area contributed by atoms with E-state index in [9.17, 15) is 4.79 Å². The summed E-state index contributed by atoms with van der Waals surface area (Å²) in [5.41, 5.74) is 3.65. The van der Waals surface area contributed by atoms with E-state index >= 15 is 0 Å². The molecule has 1 amide bonds. The molecule has 4 aromatic rings. The summed E-state index contributed by atoms with van der Waals surface area (Å²) < 4.78 is 5.51. The molecule has 0 saturated carbocycles. The zero-order valence-corrected chi connectivity index (χ0v) is 20.4. The van der Waals surface area contributed by atoms with Crippen molar-refractivity contribution in [2.24, 2.45) is 0 Å². The van der Waals surface area contributed by atoms with Crippen LogP contribution in [-0.2, 0) is 4.74 Å². The van der Waals surface area contributed by atoms with Gasteiger partial charge in [-0.2, -0.15) is 0 Å². The van der Waals surface area contributed by atoms with Gasteiger partial charge in [0.25, 0.3) is 0 Å². The fourth-order valence-corrected chi connectivity index (χ4v) is 5.18. The fraction of sp³-hybridized carbons (Fsp3) is 0.333. The van der Waals surface area contributed by atoms with Crippen molar-refractivity contribution < 1.29 is 9.53 Å². The first-order valence-corrected chi connectivity index (χ1v) is 12.6. The first kappa shape index (κ1) is 21.8. The molecule has 0 unspecified atom stereocenters. The maximum Gasteiger partial charge on any atom is 0.410 e. The lowest BCUT2D eigenvalue weighted by molar-refractivity contribution is 0.0240. The summed E-state index contributed by atoms with van der Waals surface area (Å²) in [6.45, 7) is 8.30. The van der Waals surface area contributed by atoms with E-state index in [0.717, 1.165) is 32.3 Å². The van der Waals surface area contributed by atoms with Crippen molar-refractivity contribution in [2.45, 2.75) is 26.4 Å². The highest BCUT2D eigenvalue weighted by Gasteiger charge is 2.26. The molecule has 7 nitrogen and oxygen atoms in total. The molecule has 0 atom stereocenters. The van der Waals surface area contributed by atoms with Gasteiger partial charge in [0.1, 0.15) is 22.5 Å². The Morgan fingerprint density at radius 2 is 1.61 bits per heavy atom. The molecule has 9 heteroatoms. The first-order valence-electron chi connectivity index (χ1n) is 10.9. The molecule has 1 aliphatic rings. The van der Waals surface area contributed by atoms with E-state index in [4.69, 9.17) is 14.7 Å². The van der Waals surface area contributed by atoms with Crippen LogP contribution < -0.4 is 4.90 Å². The Labute approximate surface area is 200 Å². The maximum absolute atomic E-state index is 12.4. The summed E-state index contributed by atoms with van der Waals surface area (Å²) in [7, 11) is 0. The number of piperazine rings is 1. The Morgan fingerprint density at radius 3 is 2.18 bits per heavy atom. The Kier molecular flexibility index (Phi) is 5.76. The second kappa shape index (κ2) is 8.72. The van der Waals surface area contributed by atoms with Gasteiger partial charge in [0.2, 0.25) is 0 Å². The lowest BCUT2D eigenvalue weighted by Gasteiger charge is -2.36. The zero-order chi connectivity index (χ0) is 23.0. The average molecular weight is 480 g/mol. The smallest absolute Gasteiger partial charge is 0.410 e. The van der Waals surface area contributed by atoms with Gasteiger partial charge in [-0.1, -0.05) is 12.1 Å². The molecule has 0 radical (unpaired) electrons. The van der Waals surface area contributed by atoms with Crippen molar-refractivity contribution in [1.82, 2.24) is 19.9 Å². The number of carbonyl (C=O) groups is 1. The molecule has 5 heterocycles. The molecule has 5 rings (SSSR count). The predicted octanol–water partition coefficient (Wildman–Crippen LogP) is 5.54. The molecule has 0 N–H and O–H groups in total. The van der Waals surface area contributed by atoms with E-state index in [2.05, 4.69) is 27.4 Å². The van der Waals surface area contributed by atoms with Crippen LogP contribution in [-0.4, -0.2) is 57.7 Å². The first-order chi connectivity index (χ1) is 15.9. The van der Waals surface area contributed by atoms with Crippen molar-refractivity contribution in [2.75, 3.05) is 31.1 Å². The normalized spacial score (nSPS) is 14.6. The van der Waals surface area contributed by atoms with E-state index in [1.807, 2.05) is 50.5 Å². The summed E-state index contributed by atoms with van der Waals surface area (Å²) in [6.07, 6.45) is 1.59. The van der Waals surface area contributed by atoms with E-state index in [1.165, 1.54) is 0 Å². The van der Waals surface area contributed by atoms with Gasteiger partial charge < -0.3 is 14.5 Å². The summed E-state index contributed by atoms with van der Waals surface area (Å²) in [6, 6.07) is 10.2. The number of fused-ring (bicyclic) bond motifs is 1. The number of amides is 1. The van der Waals surface area contributed by atoms with Crippen LogP contribution in [0.3, 0.4) is 0 Å². The largest absolute Gasteiger partial charge is 0.444 e. The molecule has 1 aliphatic heterocycles. The number of carbonyl (C=O) groups excluding carboxylic acids is 1. The third-order valence-corrected chi connectivity index (χ3v) is 7.07. The zero-order valence-electron chi connectivity index (χ0n) is 18.8. The molecule has 4 aromatic heterocycles. The molecule has 33 heavy (non-hydrogen) atoms. The second-order valence-electron chi connectivity index (χ2n) is 8.87. The maximum atomic E-state index is 12.4. The number of thiophene rings is 2. The SMILES string of the molecule is CC(C)(C)OC(=O)N1CCN(c2cnc3nc(-c4cccs4)c(-c4cccs4)nc3c2)CC1. The van der Waals surface area contributed by atoms with Gasteiger partial charge in [-0.25, -0.2) is 19.7 Å². The summed E-state index contributed by atoms with van der Waals surface area (Å²) in [5, 5.41) is 4.10. The van der Waals surface area contributed by atoms with Crippen LogP contribution in [0.5, 0.6) is 0 Å². The monoisotopic (exact) mass is 479 g/mol. The van der Waals surface area contributed by atoms with Gasteiger partial charge in [-0.3, -0.25) is 0 Å². The third-order valence-electron chi connectivity index (χ3n) is 5.31. The molecular formula is C24H25N5O2S2. The molecule has 0 aromatic carbocycles. The van der Waals surface area contributed by atoms with Crippen LogP contribution in [0.15, 0.2) is 47.3 Å². The Bertz CT molecular complexity index is 1260. The van der Waals surface area contributed by atoms with Gasteiger partial charge in [0, 0.05) is 26.2 Å². The van der Waals surface area contributed by atoms with Crippen molar-refractivity contribution in [3.63, 3.8) is 0 Å². The van der Waals surface area contributed by atoms with E-state index < -0.39 is 5.60 Å². The Balaban J connectivity index is 1.41. The highest BCUT2D eigenvalue weighted by molar-refractivity contribution is 7.14. The number of nitrogens with zero attached hydrogens (tertiary/aromatic N) is 5. The van der Waals surface area contributed by atoms with Crippen LogP contribution in [0.2, 0.25) is 0 Å². The lowest BCUT2D eigenvalue weighted by Crippen LogP contribution is -2.50. The predicted molar refractivity (Wildman–Crippen MR) is 134 cm³/mol. The lowest BCUT2D eigenvalue weighted by atomic mass is 10.2. The number of ether oxygens (including phenoxy) is 1. The topological polar surface area (TPSA) is 71.5 Å². The van der Waals surface area contributed by atoms with Crippen LogP contribution in [0.1, 0.15) is 20.8 Å². The van der Waals surface area contributed by atoms with Crippen molar-refractivity contribution in [3.05, 3.63) is 47.3 Å². The summed E-state index contributed by atoms with van der Waals surface area (Å²) in [4.78, 5) is 33.0. The second-order valence-corrected chi connectivity index (χ2v) is 10.8. The highest BCUT2D eigenvalue weighted by atomic mass is 32.1. The number of hydrogen-bond donors (Lipinski definition) is 0. The Morgan fingerprint density at radius 1 is 0.970 bits per heavy atom. The number of rotatable bonds is 3.